The van der Waals surface area contributed by atoms with Gasteiger partial charge in [-0.25, -0.2) is 14.2 Å². The van der Waals surface area contributed by atoms with Gasteiger partial charge in [-0.2, -0.15) is 0 Å². The molecule has 0 aliphatic carbocycles. The molecule has 0 heterocycles. The predicted molar refractivity (Wildman–Crippen MR) is 273 cm³/mol. The second-order valence-corrected chi connectivity index (χ2v) is 22.0. The Morgan fingerprint density at radius 2 is 0.718 bits per heavy atom. The lowest BCUT2D eigenvalue weighted by molar-refractivity contribution is -0.162. The molecule has 416 valence electrons. The zero-order valence-corrected chi connectivity index (χ0v) is 46.6. The Bertz CT molecular complexity index is 1520. The van der Waals surface area contributed by atoms with Gasteiger partial charge < -0.3 is 43.1 Å². The highest BCUT2D eigenvalue weighted by Crippen LogP contribution is 2.43. The maximum atomic E-state index is 13.2. The van der Waals surface area contributed by atoms with E-state index in [0.29, 0.717) is 12.8 Å². The van der Waals surface area contributed by atoms with E-state index in [9.17, 15) is 38.2 Å². The molecule has 0 aliphatic rings. The summed E-state index contributed by atoms with van der Waals surface area (Å²) in [6.45, 7) is 11.9. The molecule has 19 heteroatoms. The number of rotatable bonds is 42. The molecule has 0 saturated heterocycles. The van der Waals surface area contributed by atoms with Crippen LogP contribution in [0.3, 0.4) is 0 Å². The fourth-order valence-electron chi connectivity index (χ4n) is 6.88. The van der Waals surface area contributed by atoms with E-state index in [-0.39, 0.29) is 38.8 Å². The Balaban J connectivity index is 5.57. The van der Waals surface area contributed by atoms with E-state index in [2.05, 4.69) is 13.8 Å². The molecule has 3 atom stereocenters. The molecule has 0 bridgehead atoms. The van der Waals surface area contributed by atoms with Crippen LogP contribution in [0.15, 0.2) is 0 Å². The molecule has 0 saturated carbocycles. The van der Waals surface area contributed by atoms with Crippen LogP contribution in [0.4, 0.5) is 9.59 Å². The van der Waals surface area contributed by atoms with E-state index in [1.165, 1.54) is 107 Å². The molecule has 0 rings (SSSR count). The number of hydrogen-bond donors (Lipinski definition) is 1. The number of ether oxygens (including phenoxy) is 6. The average Bonchev–Trinajstić information content (AvgIpc) is 3.28. The fourth-order valence-corrected chi connectivity index (χ4v) is 7.66. The van der Waals surface area contributed by atoms with Crippen molar-refractivity contribution < 1.29 is 75.7 Å². The summed E-state index contributed by atoms with van der Waals surface area (Å²) >= 11 is 0. The van der Waals surface area contributed by atoms with Crippen LogP contribution in [0.5, 0.6) is 0 Å². The fraction of sp³-hybridized carbons (Fsp3) is 0.885. The van der Waals surface area contributed by atoms with Gasteiger partial charge >= 0.3 is 43.9 Å². The third-order valence-corrected chi connectivity index (χ3v) is 11.9. The van der Waals surface area contributed by atoms with Crippen molar-refractivity contribution in [3.05, 3.63) is 0 Å². The van der Waals surface area contributed by atoms with Crippen molar-refractivity contribution in [3.8, 4) is 0 Å². The first-order chi connectivity index (χ1) is 33.5. The smallest absolute Gasteiger partial charge is 0.462 e. The van der Waals surface area contributed by atoms with Gasteiger partial charge in [0.1, 0.15) is 24.4 Å². The van der Waals surface area contributed by atoms with Gasteiger partial charge in [-0.15, -0.1) is 0 Å². The molecule has 71 heavy (non-hydrogen) atoms. The maximum absolute atomic E-state index is 13.2. The second-order valence-electron chi connectivity index (χ2n) is 20.5. The van der Waals surface area contributed by atoms with E-state index < -0.39 is 93.7 Å². The summed E-state index contributed by atoms with van der Waals surface area (Å²) in [6.07, 6.45) is 20.2. The molecule has 0 radical (unpaired) electrons. The lowest BCUT2D eigenvalue weighted by Gasteiger charge is -2.25. The van der Waals surface area contributed by atoms with Gasteiger partial charge in [-0.1, -0.05) is 142 Å². The van der Waals surface area contributed by atoms with Crippen LogP contribution >= 0.6 is 7.82 Å². The van der Waals surface area contributed by atoms with Crippen molar-refractivity contribution in [3.63, 3.8) is 0 Å². The minimum atomic E-state index is -4.98. The maximum Gasteiger partial charge on any atom is 0.472 e. The number of nitrogens with zero attached hydrogens (tertiary/aromatic N) is 2. The lowest BCUT2D eigenvalue weighted by atomic mass is 10.1. The number of phosphoric acid groups is 1. The number of amides is 2. The van der Waals surface area contributed by atoms with Gasteiger partial charge in [-0.05, 0) is 54.4 Å². The summed E-state index contributed by atoms with van der Waals surface area (Å²) in [5.41, 5.74) is -1.53. The van der Waals surface area contributed by atoms with Crippen LogP contribution < -0.4 is 0 Å². The van der Waals surface area contributed by atoms with Crippen molar-refractivity contribution in [2.24, 2.45) is 0 Å². The van der Waals surface area contributed by atoms with Crippen molar-refractivity contribution >= 4 is 43.9 Å². The molecule has 2 amide bonds. The average molecular weight is 1040 g/mol. The van der Waals surface area contributed by atoms with Crippen molar-refractivity contribution in [2.75, 3.05) is 53.6 Å². The predicted octanol–water partition coefficient (Wildman–Crippen LogP) is 11.9. The normalized spacial score (nSPS) is 13.3. The zero-order valence-electron chi connectivity index (χ0n) is 45.7. The number of carbonyl (C=O) groups excluding carboxylic acids is 6. The first kappa shape index (κ1) is 67.5. The van der Waals surface area contributed by atoms with Crippen LogP contribution in [0.2, 0.25) is 0 Å². The van der Waals surface area contributed by atoms with Crippen molar-refractivity contribution in [2.45, 2.75) is 246 Å². The summed E-state index contributed by atoms with van der Waals surface area (Å²) in [5.74, 6) is -2.72. The zero-order chi connectivity index (χ0) is 53.6. The molecular weight excluding hydrogens is 940 g/mol. The molecule has 18 nitrogen and oxygen atoms in total. The van der Waals surface area contributed by atoms with E-state index >= 15 is 0 Å². The Labute approximate surface area is 427 Å². The van der Waals surface area contributed by atoms with E-state index in [1.54, 1.807) is 41.5 Å². The Morgan fingerprint density at radius 1 is 0.437 bits per heavy atom. The molecular formula is C52H97N2O16P. The molecule has 0 spiro atoms. The minimum Gasteiger partial charge on any atom is -0.462 e. The number of phosphoric ester groups is 1. The first-order valence-corrected chi connectivity index (χ1v) is 28.2. The quantitative estimate of drug-likeness (QED) is 0.0260. The van der Waals surface area contributed by atoms with E-state index in [4.69, 9.17) is 37.5 Å². The van der Waals surface area contributed by atoms with Crippen molar-refractivity contribution in [1.82, 2.24) is 9.80 Å². The summed E-state index contributed by atoms with van der Waals surface area (Å²) in [7, 11) is -2.10. The van der Waals surface area contributed by atoms with Crippen LogP contribution in [0, 0.1) is 0 Å². The van der Waals surface area contributed by atoms with Crippen LogP contribution in [-0.2, 0) is 61.2 Å². The summed E-state index contributed by atoms with van der Waals surface area (Å²) in [6, 6.07) is 0. The van der Waals surface area contributed by atoms with Gasteiger partial charge in [0.25, 0.3) is 0 Å². The molecule has 0 aromatic carbocycles. The van der Waals surface area contributed by atoms with Crippen LogP contribution in [0.1, 0.15) is 222 Å². The molecule has 0 aromatic rings. The number of esters is 4. The van der Waals surface area contributed by atoms with Gasteiger partial charge in [0.2, 0.25) is 0 Å². The molecule has 1 N–H and O–H groups in total. The topological polar surface area (TPSA) is 220 Å². The SMILES string of the molecule is CCCCCCCCCCCCCC(=O)OC[C@H](COP(=O)(O)OCC(COC(=O)CCN(C)C(=O)OC(C)(C)C)OC(=O)CCN(C)C(=O)OC(C)(C)C)OC(=O)CCCCCCCCCCCCC. The number of carbonyl (C=O) groups is 6. The van der Waals surface area contributed by atoms with Gasteiger partial charge in [0.15, 0.2) is 12.2 Å². The van der Waals surface area contributed by atoms with E-state index in [0.717, 1.165) is 44.9 Å². The number of hydrogen-bond acceptors (Lipinski definition) is 15. The molecule has 0 fully saturated rings. The van der Waals surface area contributed by atoms with E-state index in [1.807, 2.05) is 0 Å². The van der Waals surface area contributed by atoms with Crippen LogP contribution in [-0.4, -0.2) is 128 Å². The highest BCUT2D eigenvalue weighted by atomic mass is 31.2. The Hall–Kier alpha value is -3.47. The third kappa shape index (κ3) is 42.7. The minimum absolute atomic E-state index is 0.0644. The Morgan fingerprint density at radius 3 is 1.06 bits per heavy atom. The molecule has 0 aliphatic heterocycles. The Kier molecular flexibility index (Phi) is 38.0. The summed E-state index contributed by atoms with van der Waals surface area (Å²) in [4.78, 5) is 89.2. The molecule has 0 aromatic heterocycles. The van der Waals surface area contributed by atoms with Gasteiger partial charge in [-0.3, -0.25) is 28.2 Å². The van der Waals surface area contributed by atoms with Gasteiger partial charge in [0, 0.05) is 40.0 Å². The summed E-state index contributed by atoms with van der Waals surface area (Å²) < 4.78 is 56.0. The largest absolute Gasteiger partial charge is 0.472 e. The van der Waals surface area contributed by atoms with Crippen LogP contribution in [0.25, 0.3) is 0 Å². The standard InChI is InChI=1S/C52H97N2O16P/c1-11-13-15-17-19-21-23-25-27-29-31-33-45(55)63-39-43(67-47(57)34-32-30-28-26-24-22-20-18-16-14-12-2)41-65-71(61,62)66-42-44(68-48(58)36-38-54(10)50(60)70-52(6,7)8)40-64-46(56)35-37-53(9)49(59)69-51(3,4)5/h43-44H,11-42H2,1-10H3,(H,61,62)/t43-,44?/m1/s1. The number of unbranched alkanes of at least 4 members (excludes halogenated alkanes) is 20. The summed E-state index contributed by atoms with van der Waals surface area (Å²) in [5, 5.41) is 0. The van der Waals surface area contributed by atoms with Gasteiger partial charge in [0.05, 0.1) is 26.1 Å². The highest BCUT2D eigenvalue weighted by molar-refractivity contribution is 7.47. The lowest BCUT2D eigenvalue weighted by Crippen LogP contribution is -2.36. The second kappa shape index (κ2) is 40.0. The highest BCUT2D eigenvalue weighted by Gasteiger charge is 2.30. The van der Waals surface area contributed by atoms with Crippen molar-refractivity contribution in [1.29, 1.82) is 0 Å². The molecule has 2 unspecified atom stereocenters. The third-order valence-electron chi connectivity index (χ3n) is 11.0. The first-order valence-electron chi connectivity index (χ1n) is 26.7. The monoisotopic (exact) mass is 1040 g/mol.